The summed E-state index contributed by atoms with van der Waals surface area (Å²) in [6, 6.07) is 3.53. The number of carbonyl (C=O) groups is 2. The molecule has 0 heterocycles. The van der Waals surface area contributed by atoms with E-state index in [2.05, 4.69) is 9.47 Å². The predicted molar refractivity (Wildman–Crippen MR) is 49.0 cm³/mol. The van der Waals surface area contributed by atoms with E-state index in [9.17, 15) is 14.0 Å². The van der Waals surface area contributed by atoms with Crippen LogP contribution in [0.25, 0.3) is 0 Å². The van der Waals surface area contributed by atoms with Crippen LogP contribution in [0.2, 0.25) is 0 Å². The lowest BCUT2D eigenvalue weighted by Crippen LogP contribution is -2.05. The number of halogens is 1. The number of hydrogen-bond donors (Lipinski definition) is 0. The van der Waals surface area contributed by atoms with Crippen molar-refractivity contribution in [3.63, 3.8) is 0 Å². The van der Waals surface area contributed by atoms with Crippen LogP contribution in [0.5, 0.6) is 11.5 Å². The quantitative estimate of drug-likeness (QED) is 0.552. The zero-order valence-electron chi connectivity index (χ0n) is 8.24. The Morgan fingerprint density at radius 1 is 1.13 bits per heavy atom. The van der Waals surface area contributed by atoms with Gasteiger partial charge in [-0.3, -0.25) is 9.59 Å². The average Bonchev–Trinajstić information content (AvgIpc) is 2.08. The van der Waals surface area contributed by atoms with E-state index in [0.29, 0.717) is 0 Å². The Bertz CT molecular complexity index is 400. The molecule has 1 aromatic carbocycles. The summed E-state index contributed by atoms with van der Waals surface area (Å²) in [4.78, 5) is 21.1. The van der Waals surface area contributed by atoms with Crippen LogP contribution in [0.1, 0.15) is 13.8 Å². The lowest BCUT2D eigenvalue weighted by atomic mass is 10.3. The molecule has 0 aliphatic rings. The normalized spacial score (nSPS) is 9.53. The molecule has 0 aromatic heterocycles. The molecule has 15 heavy (non-hydrogen) atoms. The Balaban J connectivity index is 2.87. The highest BCUT2D eigenvalue weighted by Crippen LogP contribution is 2.22. The van der Waals surface area contributed by atoms with Crippen molar-refractivity contribution in [2.45, 2.75) is 13.8 Å². The summed E-state index contributed by atoms with van der Waals surface area (Å²) < 4.78 is 22.4. The molecule has 5 heteroatoms. The zero-order valence-corrected chi connectivity index (χ0v) is 8.24. The Labute approximate surface area is 85.6 Å². The standard InChI is InChI=1S/C10H9FO4/c1-6(12)14-8-3-4-10(9(11)5-8)15-7(2)13/h3-5H,1-2H3. The molecule has 80 valence electrons. The second kappa shape index (κ2) is 4.54. The lowest BCUT2D eigenvalue weighted by molar-refractivity contribution is -0.133. The van der Waals surface area contributed by atoms with E-state index in [-0.39, 0.29) is 11.5 Å². The van der Waals surface area contributed by atoms with Crippen molar-refractivity contribution in [2.75, 3.05) is 0 Å². The predicted octanol–water partition coefficient (Wildman–Crippen LogP) is 1.68. The van der Waals surface area contributed by atoms with E-state index in [4.69, 9.17) is 0 Å². The van der Waals surface area contributed by atoms with Crippen LogP contribution in [0, 0.1) is 5.82 Å². The number of ether oxygens (including phenoxy) is 2. The van der Waals surface area contributed by atoms with Crippen molar-refractivity contribution in [1.82, 2.24) is 0 Å². The fraction of sp³-hybridized carbons (Fsp3) is 0.200. The first-order chi connectivity index (χ1) is 6.99. The fourth-order valence-electron chi connectivity index (χ4n) is 0.949. The van der Waals surface area contributed by atoms with Gasteiger partial charge >= 0.3 is 11.9 Å². The Kier molecular flexibility index (Phi) is 3.38. The molecule has 0 saturated carbocycles. The van der Waals surface area contributed by atoms with Crippen molar-refractivity contribution in [2.24, 2.45) is 0 Å². The van der Waals surface area contributed by atoms with Gasteiger partial charge in [0.05, 0.1) is 0 Å². The third kappa shape index (κ3) is 3.38. The molecule has 0 amide bonds. The van der Waals surface area contributed by atoms with E-state index in [1.807, 2.05) is 0 Å². The third-order valence-corrected chi connectivity index (χ3v) is 1.42. The first kappa shape index (κ1) is 11.2. The van der Waals surface area contributed by atoms with Crippen LogP contribution in [0.3, 0.4) is 0 Å². The van der Waals surface area contributed by atoms with E-state index in [0.717, 1.165) is 6.07 Å². The maximum atomic E-state index is 13.2. The molecular weight excluding hydrogens is 203 g/mol. The number of rotatable bonds is 2. The van der Waals surface area contributed by atoms with Gasteiger partial charge in [-0.15, -0.1) is 0 Å². The van der Waals surface area contributed by atoms with E-state index in [1.54, 1.807) is 0 Å². The molecule has 0 atom stereocenters. The molecule has 0 fully saturated rings. The largest absolute Gasteiger partial charge is 0.427 e. The second-order valence-electron chi connectivity index (χ2n) is 2.78. The highest BCUT2D eigenvalue weighted by molar-refractivity contribution is 5.70. The monoisotopic (exact) mass is 212 g/mol. The Hall–Kier alpha value is -1.91. The molecule has 0 radical (unpaired) electrons. The second-order valence-corrected chi connectivity index (χ2v) is 2.78. The average molecular weight is 212 g/mol. The fourth-order valence-corrected chi connectivity index (χ4v) is 0.949. The SMILES string of the molecule is CC(=O)Oc1ccc(OC(C)=O)c(F)c1. The van der Waals surface area contributed by atoms with Crippen LogP contribution in [0.15, 0.2) is 18.2 Å². The zero-order chi connectivity index (χ0) is 11.4. The molecule has 0 N–H and O–H groups in total. The molecule has 0 bridgehead atoms. The van der Waals surface area contributed by atoms with Crippen LogP contribution in [-0.4, -0.2) is 11.9 Å². The highest BCUT2D eigenvalue weighted by atomic mass is 19.1. The summed E-state index contributed by atoms with van der Waals surface area (Å²) in [5.74, 6) is -2.05. The summed E-state index contributed by atoms with van der Waals surface area (Å²) >= 11 is 0. The van der Waals surface area contributed by atoms with Gasteiger partial charge in [-0.25, -0.2) is 4.39 Å². The minimum absolute atomic E-state index is 0.0657. The number of benzene rings is 1. The van der Waals surface area contributed by atoms with Gasteiger partial charge in [0.2, 0.25) is 0 Å². The molecule has 1 aromatic rings. The van der Waals surface area contributed by atoms with Gasteiger partial charge < -0.3 is 9.47 Å². The van der Waals surface area contributed by atoms with Crippen LogP contribution in [0.4, 0.5) is 4.39 Å². The maximum absolute atomic E-state index is 13.2. The summed E-state index contributed by atoms with van der Waals surface area (Å²) in [5.41, 5.74) is 0. The number of carbonyl (C=O) groups excluding carboxylic acids is 2. The number of esters is 2. The molecular formula is C10H9FO4. The van der Waals surface area contributed by atoms with Gasteiger partial charge in [0.1, 0.15) is 5.75 Å². The third-order valence-electron chi connectivity index (χ3n) is 1.42. The molecule has 0 spiro atoms. The summed E-state index contributed by atoms with van der Waals surface area (Å²) in [7, 11) is 0. The summed E-state index contributed by atoms with van der Waals surface area (Å²) in [6.07, 6.45) is 0. The van der Waals surface area contributed by atoms with E-state index < -0.39 is 17.8 Å². The molecule has 0 aliphatic carbocycles. The van der Waals surface area contributed by atoms with Crippen molar-refractivity contribution in [1.29, 1.82) is 0 Å². The van der Waals surface area contributed by atoms with Crippen LogP contribution in [-0.2, 0) is 9.59 Å². The molecule has 0 aliphatic heterocycles. The number of hydrogen-bond acceptors (Lipinski definition) is 4. The smallest absolute Gasteiger partial charge is 0.308 e. The minimum Gasteiger partial charge on any atom is -0.427 e. The van der Waals surface area contributed by atoms with Gasteiger partial charge in [-0.1, -0.05) is 0 Å². The first-order valence-electron chi connectivity index (χ1n) is 4.15. The Morgan fingerprint density at radius 2 is 1.73 bits per heavy atom. The van der Waals surface area contributed by atoms with Crippen LogP contribution >= 0.6 is 0 Å². The summed E-state index contributed by atoms with van der Waals surface area (Å²) in [5, 5.41) is 0. The van der Waals surface area contributed by atoms with Crippen molar-refractivity contribution in [3.8, 4) is 11.5 Å². The maximum Gasteiger partial charge on any atom is 0.308 e. The van der Waals surface area contributed by atoms with Gasteiger partial charge in [-0.05, 0) is 12.1 Å². The van der Waals surface area contributed by atoms with E-state index in [1.165, 1.54) is 26.0 Å². The molecule has 1 rings (SSSR count). The molecule has 0 saturated heterocycles. The molecule has 0 unspecified atom stereocenters. The van der Waals surface area contributed by atoms with Gasteiger partial charge in [-0.2, -0.15) is 0 Å². The molecule has 4 nitrogen and oxygen atoms in total. The minimum atomic E-state index is -0.760. The lowest BCUT2D eigenvalue weighted by Gasteiger charge is -2.05. The van der Waals surface area contributed by atoms with Crippen molar-refractivity contribution < 1.29 is 23.5 Å². The topological polar surface area (TPSA) is 52.6 Å². The van der Waals surface area contributed by atoms with Gasteiger partial charge in [0, 0.05) is 19.9 Å². The highest BCUT2D eigenvalue weighted by Gasteiger charge is 2.08. The Morgan fingerprint density at radius 3 is 2.20 bits per heavy atom. The van der Waals surface area contributed by atoms with E-state index >= 15 is 0 Å². The van der Waals surface area contributed by atoms with Crippen LogP contribution < -0.4 is 9.47 Å². The first-order valence-corrected chi connectivity index (χ1v) is 4.15. The van der Waals surface area contributed by atoms with Gasteiger partial charge in [0.15, 0.2) is 11.6 Å². The summed E-state index contributed by atoms with van der Waals surface area (Å²) in [6.45, 7) is 2.37. The van der Waals surface area contributed by atoms with Crippen molar-refractivity contribution >= 4 is 11.9 Å². The van der Waals surface area contributed by atoms with Crippen molar-refractivity contribution in [3.05, 3.63) is 24.0 Å². The van der Waals surface area contributed by atoms with Gasteiger partial charge in [0.25, 0.3) is 0 Å².